The Balaban J connectivity index is 1.84. The van der Waals surface area contributed by atoms with Crippen LogP contribution in [0.2, 0.25) is 0 Å². The van der Waals surface area contributed by atoms with Crippen LogP contribution in [0.5, 0.6) is 0 Å². The highest BCUT2D eigenvalue weighted by Gasteiger charge is 2.22. The molecular weight excluding hydrogens is 256 g/mol. The van der Waals surface area contributed by atoms with Crippen molar-refractivity contribution in [2.45, 2.75) is 19.0 Å². The fraction of sp³-hybridized carbons (Fsp3) is 0.455. The minimum Gasteiger partial charge on any atom is -0.349 e. The second-order valence-corrected chi connectivity index (χ2v) is 5.92. The van der Waals surface area contributed by atoms with Gasteiger partial charge in [0.1, 0.15) is 6.04 Å². The van der Waals surface area contributed by atoms with E-state index in [0.29, 0.717) is 18.7 Å². The third kappa shape index (κ3) is 3.74. The van der Waals surface area contributed by atoms with Crippen LogP contribution in [0.3, 0.4) is 0 Å². The van der Waals surface area contributed by atoms with Crippen molar-refractivity contribution in [1.82, 2.24) is 10.6 Å². The van der Waals surface area contributed by atoms with Gasteiger partial charge in [-0.15, -0.1) is 11.3 Å². The molecule has 0 unspecified atom stereocenters. The van der Waals surface area contributed by atoms with Gasteiger partial charge in [-0.05, 0) is 11.4 Å². The molecule has 1 aromatic rings. The monoisotopic (exact) mass is 270 g/mol. The topological polar surface area (TPSA) is 58.2 Å². The molecule has 6 heteroatoms. The molecule has 1 aliphatic heterocycles. The number of thiophene rings is 1. The molecule has 0 aromatic carbocycles. The Labute approximate surface area is 108 Å². The van der Waals surface area contributed by atoms with Gasteiger partial charge in [0, 0.05) is 22.8 Å². The number of amides is 2. The van der Waals surface area contributed by atoms with Crippen LogP contribution >= 0.6 is 23.1 Å². The third-order valence-corrected chi connectivity index (χ3v) is 4.36. The summed E-state index contributed by atoms with van der Waals surface area (Å²) in [5.74, 6) is 1.31. The Bertz CT molecular complexity index is 392. The van der Waals surface area contributed by atoms with Crippen molar-refractivity contribution in [2.75, 3.05) is 11.5 Å². The van der Waals surface area contributed by atoms with Crippen LogP contribution in [0, 0.1) is 0 Å². The van der Waals surface area contributed by atoms with Crippen molar-refractivity contribution in [3.63, 3.8) is 0 Å². The predicted molar refractivity (Wildman–Crippen MR) is 70.0 cm³/mol. The smallest absolute Gasteiger partial charge is 0.243 e. The lowest BCUT2D eigenvalue weighted by molar-refractivity contribution is -0.128. The summed E-state index contributed by atoms with van der Waals surface area (Å²) in [7, 11) is 0. The van der Waals surface area contributed by atoms with E-state index in [2.05, 4.69) is 10.6 Å². The first-order valence-corrected chi connectivity index (χ1v) is 7.46. The molecule has 2 N–H and O–H groups in total. The SMILES string of the molecule is O=C1CCSC[C@@H](C(=O)NCc2cccs2)N1. The zero-order valence-electron chi connectivity index (χ0n) is 9.27. The molecule has 2 amide bonds. The van der Waals surface area contributed by atoms with Crippen molar-refractivity contribution < 1.29 is 9.59 Å². The number of carbonyl (C=O) groups excluding carboxylic acids is 2. The van der Waals surface area contributed by atoms with Crippen LogP contribution < -0.4 is 10.6 Å². The van der Waals surface area contributed by atoms with E-state index in [1.165, 1.54) is 0 Å². The van der Waals surface area contributed by atoms with Crippen LogP contribution in [0.4, 0.5) is 0 Å². The summed E-state index contributed by atoms with van der Waals surface area (Å²) in [6.07, 6.45) is 0.499. The van der Waals surface area contributed by atoms with Crippen molar-refractivity contribution in [3.8, 4) is 0 Å². The maximum atomic E-state index is 11.9. The molecular formula is C11H14N2O2S2. The van der Waals surface area contributed by atoms with E-state index in [4.69, 9.17) is 0 Å². The molecule has 17 heavy (non-hydrogen) atoms. The van der Waals surface area contributed by atoms with Crippen LogP contribution in [-0.4, -0.2) is 29.4 Å². The molecule has 4 nitrogen and oxygen atoms in total. The minimum atomic E-state index is -0.394. The zero-order chi connectivity index (χ0) is 12.1. The molecule has 92 valence electrons. The van der Waals surface area contributed by atoms with Crippen molar-refractivity contribution >= 4 is 34.9 Å². The summed E-state index contributed by atoms with van der Waals surface area (Å²) in [5.41, 5.74) is 0. The molecule has 1 aromatic heterocycles. The van der Waals surface area contributed by atoms with Gasteiger partial charge in [-0.1, -0.05) is 6.07 Å². The largest absolute Gasteiger partial charge is 0.349 e. The Morgan fingerprint density at radius 1 is 1.59 bits per heavy atom. The minimum absolute atomic E-state index is 0.0359. The normalized spacial score (nSPS) is 20.5. The van der Waals surface area contributed by atoms with Gasteiger partial charge in [0.25, 0.3) is 0 Å². The number of nitrogens with one attached hydrogen (secondary N) is 2. The summed E-state index contributed by atoms with van der Waals surface area (Å²) < 4.78 is 0. The molecule has 0 saturated carbocycles. The number of rotatable bonds is 3. The third-order valence-electron chi connectivity index (χ3n) is 2.43. The first-order valence-electron chi connectivity index (χ1n) is 5.43. The molecule has 1 aliphatic rings. The number of carbonyl (C=O) groups is 2. The van der Waals surface area contributed by atoms with E-state index in [9.17, 15) is 9.59 Å². The van der Waals surface area contributed by atoms with Gasteiger partial charge < -0.3 is 10.6 Å². The lowest BCUT2D eigenvalue weighted by Crippen LogP contribution is -2.47. The van der Waals surface area contributed by atoms with Gasteiger partial charge in [0.15, 0.2) is 0 Å². The van der Waals surface area contributed by atoms with Crippen LogP contribution in [-0.2, 0) is 16.1 Å². The number of thioether (sulfide) groups is 1. The fourth-order valence-corrected chi connectivity index (χ4v) is 3.14. The van der Waals surface area contributed by atoms with E-state index < -0.39 is 6.04 Å². The average molecular weight is 270 g/mol. The predicted octanol–water partition coefficient (Wildman–Crippen LogP) is 0.986. The average Bonchev–Trinajstić information content (AvgIpc) is 2.74. The van der Waals surface area contributed by atoms with Gasteiger partial charge >= 0.3 is 0 Å². The second-order valence-electron chi connectivity index (χ2n) is 3.74. The van der Waals surface area contributed by atoms with E-state index in [1.807, 2.05) is 17.5 Å². The van der Waals surface area contributed by atoms with E-state index in [1.54, 1.807) is 23.1 Å². The van der Waals surface area contributed by atoms with Gasteiger partial charge in [0.05, 0.1) is 6.54 Å². The summed E-state index contributed by atoms with van der Waals surface area (Å²) >= 11 is 3.25. The Kier molecular flexibility index (Phi) is 4.44. The molecule has 1 atom stereocenters. The second kappa shape index (κ2) is 6.07. The van der Waals surface area contributed by atoms with Crippen LogP contribution in [0.15, 0.2) is 17.5 Å². The van der Waals surface area contributed by atoms with Crippen molar-refractivity contribution in [3.05, 3.63) is 22.4 Å². The van der Waals surface area contributed by atoms with E-state index in [-0.39, 0.29) is 11.8 Å². The highest BCUT2D eigenvalue weighted by Crippen LogP contribution is 2.11. The number of hydrogen-bond acceptors (Lipinski definition) is 4. The molecule has 2 heterocycles. The molecule has 2 rings (SSSR count). The highest BCUT2D eigenvalue weighted by molar-refractivity contribution is 7.99. The molecule has 0 radical (unpaired) electrons. The van der Waals surface area contributed by atoms with Crippen molar-refractivity contribution in [1.29, 1.82) is 0 Å². The van der Waals surface area contributed by atoms with Gasteiger partial charge in [0.2, 0.25) is 11.8 Å². The highest BCUT2D eigenvalue weighted by atomic mass is 32.2. The first kappa shape index (κ1) is 12.4. The Morgan fingerprint density at radius 3 is 3.24 bits per heavy atom. The zero-order valence-corrected chi connectivity index (χ0v) is 10.9. The molecule has 1 saturated heterocycles. The summed E-state index contributed by atoms with van der Waals surface area (Å²) in [4.78, 5) is 24.3. The maximum Gasteiger partial charge on any atom is 0.243 e. The van der Waals surface area contributed by atoms with Gasteiger partial charge in [-0.3, -0.25) is 9.59 Å². The standard InChI is InChI=1S/C11H14N2O2S2/c14-10-3-5-16-7-9(13-10)11(15)12-6-8-2-1-4-17-8/h1-2,4,9H,3,5-7H2,(H,12,15)(H,13,14)/t9-/m0/s1. The van der Waals surface area contributed by atoms with Crippen molar-refractivity contribution in [2.24, 2.45) is 0 Å². The fourth-order valence-electron chi connectivity index (χ4n) is 1.53. The van der Waals surface area contributed by atoms with Crippen LogP contribution in [0.25, 0.3) is 0 Å². The summed E-state index contributed by atoms with van der Waals surface area (Å²) in [6, 6.07) is 3.54. The lowest BCUT2D eigenvalue weighted by Gasteiger charge is -2.14. The Hall–Kier alpha value is -1.01. The molecule has 0 aliphatic carbocycles. The molecule has 0 bridgehead atoms. The first-order chi connectivity index (χ1) is 8.25. The van der Waals surface area contributed by atoms with E-state index >= 15 is 0 Å². The quantitative estimate of drug-likeness (QED) is 0.861. The summed E-state index contributed by atoms with van der Waals surface area (Å²) in [6.45, 7) is 0.535. The van der Waals surface area contributed by atoms with Gasteiger partial charge in [-0.2, -0.15) is 11.8 Å². The maximum absolute atomic E-state index is 11.9. The molecule has 0 spiro atoms. The summed E-state index contributed by atoms with van der Waals surface area (Å²) in [5, 5.41) is 7.56. The number of hydrogen-bond donors (Lipinski definition) is 2. The van der Waals surface area contributed by atoms with Gasteiger partial charge in [-0.25, -0.2) is 0 Å². The molecule has 1 fully saturated rings. The Morgan fingerprint density at radius 2 is 2.47 bits per heavy atom. The van der Waals surface area contributed by atoms with E-state index in [0.717, 1.165) is 10.6 Å². The lowest BCUT2D eigenvalue weighted by atomic mass is 10.3. The van der Waals surface area contributed by atoms with Crippen LogP contribution in [0.1, 0.15) is 11.3 Å².